The highest BCUT2D eigenvalue weighted by Crippen LogP contribution is 2.30. The van der Waals surface area contributed by atoms with Gasteiger partial charge in [-0.25, -0.2) is 0 Å². The molecule has 0 bridgehead atoms. The predicted octanol–water partition coefficient (Wildman–Crippen LogP) is 3.63. The number of hydrogen-bond donors (Lipinski definition) is 0. The Morgan fingerprint density at radius 1 is 1.23 bits per heavy atom. The average Bonchev–Trinajstić information content (AvgIpc) is 2.45. The third-order valence-electron chi connectivity index (χ3n) is 4.60. The Morgan fingerprint density at radius 3 is 2.41 bits per heavy atom. The Kier molecular flexibility index (Phi) is 5.56. The molecule has 0 aliphatic carbocycles. The van der Waals surface area contributed by atoms with Crippen molar-refractivity contribution in [2.24, 2.45) is 0 Å². The second kappa shape index (κ2) is 7.05. The molecule has 1 aliphatic rings. The van der Waals surface area contributed by atoms with Gasteiger partial charge >= 0.3 is 0 Å². The summed E-state index contributed by atoms with van der Waals surface area (Å²) in [5.74, 6) is 0.978. The fourth-order valence-corrected chi connectivity index (χ4v) is 6.10. The summed E-state index contributed by atoms with van der Waals surface area (Å²) in [4.78, 5) is 2.43. The quantitative estimate of drug-likeness (QED) is 0.773. The van der Waals surface area contributed by atoms with Crippen LogP contribution in [-0.2, 0) is 4.74 Å². The lowest BCUT2D eigenvalue weighted by molar-refractivity contribution is -0.00532. The van der Waals surface area contributed by atoms with Crippen LogP contribution in [0.15, 0.2) is 18.2 Å². The number of ether oxygens (including phenoxy) is 2. The van der Waals surface area contributed by atoms with Gasteiger partial charge in [0.25, 0.3) is 0 Å². The van der Waals surface area contributed by atoms with E-state index in [-0.39, 0.29) is 12.2 Å². The van der Waals surface area contributed by atoms with Crippen LogP contribution in [0, 0.1) is 0 Å². The normalized spacial score (nSPS) is 22.7. The molecule has 124 valence electrons. The molecule has 0 N–H and O–H groups in total. The first kappa shape index (κ1) is 17.4. The molecule has 2 atom stereocenters. The highest BCUT2D eigenvalue weighted by Gasteiger charge is 2.27. The zero-order valence-corrected chi connectivity index (χ0v) is 16.0. The molecule has 0 radical (unpaired) electrons. The van der Waals surface area contributed by atoms with E-state index in [0.29, 0.717) is 0 Å². The second-order valence-corrected chi connectivity index (χ2v) is 12.0. The highest BCUT2D eigenvalue weighted by atomic mass is 28.3. The van der Waals surface area contributed by atoms with Crippen LogP contribution in [0.5, 0.6) is 5.75 Å². The van der Waals surface area contributed by atoms with Gasteiger partial charge in [0.2, 0.25) is 0 Å². The first-order valence-electron chi connectivity index (χ1n) is 8.46. The minimum Gasteiger partial charge on any atom is -0.495 e. The van der Waals surface area contributed by atoms with Crippen LogP contribution >= 0.6 is 0 Å². The van der Waals surface area contributed by atoms with Crippen molar-refractivity contribution in [1.82, 2.24) is 0 Å². The Morgan fingerprint density at radius 2 is 1.86 bits per heavy atom. The summed E-state index contributed by atoms with van der Waals surface area (Å²) in [5, 5.41) is 1.52. The van der Waals surface area contributed by atoms with Crippen molar-refractivity contribution in [3.63, 3.8) is 0 Å². The van der Waals surface area contributed by atoms with Crippen LogP contribution in [0.3, 0.4) is 0 Å². The Labute approximate surface area is 136 Å². The van der Waals surface area contributed by atoms with Crippen LogP contribution in [0.1, 0.15) is 27.2 Å². The number of anilines is 1. The molecule has 1 heterocycles. The molecule has 2 unspecified atom stereocenters. The van der Waals surface area contributed by atoms with E-state index < -0.39 is 8.07 Å². The van der Waals surface area contributed by atoms with Crippen molar-refractivity contribution in [3.8, 4) is 5.75 Å². The fraction of sp³-hybridized carbons (Fsp3) is 0.667. The monoisotopic (exact) mass is 321 g/mol. The molecule has 2 rings (SSSR count). The lowest BCUT2D eigenvalue weighted by Gasteiger charge is -2.38. The Balaban J connectivity index is 2.36. The average molecular weight is 322 g/mol. The number of nitrogens with zero attached hydrogens (tertiary/aromatic N) is 1. The van der Waals surface area contributed by atoms with E-state index >= 15 is 0 Å². The minimum absolute atomic E-state index is 0.262. The maximum Gasteiger partial charge on any atom is 0.142 e. The molecule has 0 aromatic heterocycles. The summed E-state index contributed by atoms with van der Waals surface area (Å²) in [6.45, 7) is 13.4. The molecule has 3 nitrogen and oxygen atoms in total. The zero-order chi connectivity index (χ0) is 16.3. The van der Waals surface area contributed by atoms with Crippen molar-refractivity contribution in [2.45, 2.75) is 58.5 Å². The van der Waals surface area contributed by atoms with Gasteiger partial charge in [-0.3, -0.25) is 0 Å². The molecule has 1 fully saturated rings. The Hall–Kier alpha value is -1.00. The zero-order valence-electron chi connectivity index (χ0n) is 15.0. The van der Waals surface area contributed by atoms with Gasteiger partial charge in [0.1, 0.15) is 5.75 Å². The van der Waals surface area contributed by atoms with Gasteiger partial charge in [0.05, 0.1) is 33.1 Å². The van der Waals surface area contributed by atoms with Gasteiger partial charge < -0.3 is 14.4 Å². The second-order valence-electron chi connectivity index (χ2n) is 7.18. The predicted molar refractivity (Wildman–Crippen MR) is 97.4 cm³/mol. The van der Waals surface area contributed by atoms with Gasteiger partial charge in [-0.2, -0.15) is 0 Å². The third kappa shape index (κ3) is 3.85. The molecular weight excluding hydrogens is 290 g/mol. The van der Waals surface area contributed by atoms with Crippen molar-refractivity contribution in [2.75, 3.05) is 25.1 Å². The van der Waals surface area contributed by atoms with E-state index in [4.69, 9.17) is 9.47 Å². The number of hydrogen-bond acceptors (Lipinski definition) is 3. The molecule has 0 spiro atoms. The first-order chi connectivity index (χ1) is 10.4. The molecule has 0 amide bonds. The lowest BCUT2D eigenvalue weighted by atomic mass is 10.2. The summed E-state index contributed by atoms with van der Waals surface area (Å²) in [5.41, 5.74) is 1.23. The van der Waals surface area contributed by atoms with Crippen LogP contribution in [0.25, 0.3) is 0 Å². The minimum atomic E-state index is -1.36. The van der Waals surface area contributed by atoms with E-state index in [0.717, 1.165) is 18.8 Å². The summed E-state index contributed by atoms with van der Waals surface area (Å²) < 4.78 is 11.5. The molecule has 0 saturated carbocycles. The molecule has 1 saturated heterocycles. The molecular formula is C18H31NO2Si. The van der Waals surface area contributed by atoms with E-state index in [1.165, 1.54) is 23.3 Å². The van der Waals surface area contributed by atoms with Gasteiger partial charge in [0, 0.05) is 13.1 Å². The van der Waals surface area contributed by atoms with E-state index in [2.05, 4.69) is 57.0 Å². The van der Waals surface area contributed by atoms with Crippen molar-refractivity contribution in [3.05, 3.63) is 18.2 Å². The summed E-state index contributed by atoms with van der Waals surface area (Å²) >= 11 is 0. The molecule has 4 heteroatoms. The van der Waals surface area contributed by atoms with Crippen LogP contribution in [0.4, 0.5) is 5.69 Å². The standard InChI is InChI=1S/C18H31NO2Si/c1-7-10-22(5,6)16-8-9-18(20-4)17(11-16)19-12-14(2)21-15(3)13-19/h8-9,11,14-15H,7,10,12-13H2,1-6H3. The third-order valence-corrected chi connectivity index (χ3v) is 8.22. The largest absolute Gasteiger partial charge is 0.495 e. The molecule has 1 aromatic rings. The number of morpholine rings is 1. The first-order valence-corrected chi connectivity index (χ1v) is 11.7. The smallest absolute Gasteiger partial charge is 0.142 e. The number of rotatable bonds is 5. The number of methoxy groups -OCH3 is 1. The summed E-state index contributed by atoms with van der Waals surface area (Å²) in [6, 6.07) is 8.14. The fourth-order valence-electron chi connectivity index (χ4n) is 3.50. The topological polar surface area (TPSA) is 21.7 Å². The van der Waals surface area contributed by atoms with E-state index in [1.54, 1.807) is 7.11 Å². The van der Waals surface area contributed by atoms with Crippen LogP contribution < -0.4 is 14.8 Å². The highest BCUT2D eigenvalue weighted by molar-refractivity contribution is 6.89. The van der Waals surface area contributed by atoms with Crippen LogP contribution in [0.2, 0.25) is 19.1 Å². The van der Waals surface area contributed by atoms with E-state index in [9.17, 15) is 0 Å². The van der Waals surface area contributed by atoms with Gasteiger partial charge in [-0.1, -0.05) is 43.7 Å². The van der Waals surface area contributed by atoms with E-state index in [1.807, 2.05) is 0 Å². The van der Waals surface area contributed by atoms with Gasteiger partial charge in [0.15, 0.2) is 0 Å². The van der Waals surface area contributed by atoms with Gasteiger partial charge in [-0.05, 0) is 26.0 Å². The molecule has 1 aliphatic heterocycles. The Bertz CT molecular complexity index is 494. The SMILES string of the molecule is CCC[Si](C)(C)c1ccc(OC)c(N2CC(C)OC(C)C2)c1. The van der Waals surface area contributed by atoms with Crippen LogP contribution in [-0.4, -0.2) is 40.5 Å². The van der Waals surface area contributed by atoms with Crippen molar-refractivity contribution in [1.29, 1.82) is 0 Å². The maximum atomic E-state index is 5.87. The van der Waals surface area contributed by atoms with Crippen molar-refractivity contribution < 1.29 is 9.47 Å². The van der Waals surface area contributed by atoms with Gasteiger partial charge in [-0.15, -0.1) is 0 Å². The van der Waals surface area contributed by atoms with Crippen molar-refractivity contribution >= 4 is 18.9 Å². The molecule has 1 aromatic carbocycles. The lowest BCUT2D eigenvalue weighted by Crippen LogP contribution is -2.47. The maximum absolute atomic E-state index is 5.87. The molecule has 22 heavy (non-hydrogen) atoms. The summed E-state index contributed by atoms with van der Waals surface area (Å²) in [6.07, 6.45) is 1.78. The number of benzene rings is 1. The summed E-state index contributed by atoms with van der Waals surface area (Å²) in [7, 11) is 0.407.